The largest absolute Gasteiger partial charge is 0.345 e. The third kappa shape index (κ3) is 3.67. The molecule has 0 aromatic heterocycles. The summed E-state index contributed by atoms with van der Waals surface area (Å²) >= 11 is 6.11. The summed E-state index contributed by atoms with van der Waals surface area (Å²) in [4.78, 5) is 12.4. The van der Waals surface area contributed by atoms with Gasteiger partial charge in [-0.3, -0.25) is 4.79 Å². The minimum atomic E-state index is -3.47. The second-order valence-corrected chi connectivity index (χ2v) is 7.38. The summed E-state index contributed by atoms with van der Waals surface area (Å²) in [5.41, 5.74) is 0.901. The fourth-order valence-corrected chi connectivity index (χ4v) is 3.34. The van der Waals surface area contributed by atoms with Crippen LogP contribution in [-0.4, -0.2) is 20.6 Å². The topological polar surface area (TPSA) is 63.2 Å². The lowest BCUT2D eigenvalue weighted by Gasteiger charge is -2.16. The summed E-state index contributed by atoms with van der Waals surface area (Å²) in [7, 11) is -3.47. The monoisotopic (exact) mass is 337 g/mol. The molecule has 1 amide bonds. The van der Waals surface area contributed by atoms with E-state index < -0.39 is 15.7 Å². The minimum Gasteiger partial charge on any atom is -0.345 e. The average molecular weight is 338 g/mol. The van der Waals surface area contributed by atoms with E-state index >= 15 is 0 Å². The van der Waals surface area contributed by atoms with Crippen LogP contribution < -0.4 is 5.32 Å². The molecular formula is C16H16ClNO3S. The fraction of sp³-hybridized carbons (Fsp3) is 0.188. The van der Waals surface area contributed by atoms with Crippen LogP contribution in [0.3, 0.4) is 0 Å². The molecule has 6 heteroatoms. The molecule has 0 fully saturated rings. The zero-order valence-corrected chi connectivity index (χ0v) is 13.8. The highest BCUT2D eigenvalue weighted by molar-refractivity contribution is 7.90. The predicted octanol–water partition coefficient (Wildman–Crippen LogP) is 3.23. The molecule has 2 aromatic rings. The van der Waals surface area contributed by atoms with Crippen LogP contribution in [0.15, 0.2) is 53.4 Å². The number of carbonyl (C=O) groups is 1. The first-order chi connectivity index (χ1) is 10.3. The Hall–Kier alpha value is -1.85. The minimum absolute atomic E-state index is 0.0128. The van der Waals surface area contributed by atoms with Gasteiger partial charge in [0.25, 0.3) is 5.91 Å². The summed E-state index contributed by atoms with van der Waals surface area (Å²) in [5, 5.41) is 3.33. The van der Waals surface area contributed by atoms with E-state index in [0.29, 0.717) is 5.02 Å². The van der Waals surface area contributed by atoms with Crippen molar-refractivity contribution in [2.24, 2.45) is 0 Å². The summed E-state index contributed by atoms with van der Waals surface area (Å²) in [6.07, 6.45) is 1.08. The van der Waals surface area contributed by atoms with Gasteiger partial charge in [-0.05, 0) is 30.7 Å². The van der Waals surface area contributed by atoms with Crippen molar-refractivity contribution in [3.05, 3.63) is 64.7 Å². The predicted molar refractivity (Wildman–Crippen MR) is 86.9 cm³/mol. The number of hydrogen-bond donors (Lipinski definition) is 1. The summed E-state index contributed by atoms with van der Waals surface area (Å²) < 4.78 is 23.5. The van der Waals surface area contributed by atoms with Crippen molar-refractivity contribution in [2.75, 3.05) is 6.26 Å². The highest BCUT2D eigenvalue weighted by Crippen LogP contribution is 2.23. The van der Waals surface area contributed by atoms with E-state index in [4.69, 9.17) is 11.6 Å². The Bertz CT molecular complexity index is 803. The van der Waals surface area contributed by atoms with E-state index in [2.05, 4.69) is 5.32 Å². The number of carbonyl (C=O) groups excluding carboxylic acids is 1. The standard InChI is InChI=1S/C16H16ClNO3S/c1-11(12-7-3-5-9-14(12)17)18-16(19)13-8-4-6-10-15(13)22(2,20)21/h3-11H,1-2H3,(H,18,19)/t11-/m0/s1. The first-order valence-corrected chi connectivity index (χ1v) is 8.92. The molecule has 0 radical (unpaired) electrons. The Morgan fingerprint density at radius 3 is 2.32 bits per heavy atom. The Morgan fingerprint density at radius 1 is 1.09 bits per heavy atom. The molecule has 1 N–H and O–H groups in total. The first-order valence-electron chi connectivity index (χ1n) is 6.65. The van der Waals surface area contributed by atoms with Gasteiger partial charge in [-0.2, -0.15) is 0 Å². The number of nitrogens with one attached hydrogen (secondary N) is 1. The Morgan fingerprint density at radius 2 is 1.68 bits per heavy atom. The van der Waals surface area contributed by atoms with E-state index in [1.165, 1.54) is 12.1 Å². The molecule has 0 aliphatic heterocycles. The van der Waals surface area contributed by atoms with Crippen LogP contribution in [0.1, 0.15) is 28.9 Å². The number of hydrogen-bond acceptors (Lipinski definition) is 3. The lowest BCUT2D eigenvalue weighted by Crippen LogP contribution is -2.28. The van der Waals surface area contributed by atoms with Gasteiger partial charge >= 0.3 is 0 Å². The smallest absolute Gasteiger partial charge is 0.253 e. The Balaban J connectivity index is 2.29. The maximum absolute atomic E-state index is 12.4. The SMILES string of the molecule is C[C@H](NC(=O)c1ccccc1S(C)(=O)=O)c1ccccc1Cl. The van der Waals surface area contributed by atoms with Crippen LogP contribution in [-0.2, 0) is 9.84 Å². The molecule has 2 aromatic carbocycles. The molecule has 1 atom stereocenters. The van der Waals surface area contributed by atoms with Crippen LogP contribution in [0.4, 0.5) is 0 Å². The van der Waals surface area contributed by atoms with Crippen LogP contribution in [0.2, 0.25) is 5.02 Å². The van der Waals surface area contributed by atoms with E-state index in [0.717, 1.165) is 11.8 Å². The lowest BCUT2D eigenvalue weighted by atomic mass is 10.1. The van der Waals surface area contributed by atoms with Gasteiger partial charge < -0.3 is 5.32 Å². The van der Waals surface area contributed by atoms with Crippen molar-refractivity contribution < 1.29 is 13.2 Å². The van der Waals surface area contributed by atoms with E-state index in [1.54, 1.807) is 31.2 Å². The normalized spacial score (nSPS) is 12.7. The lowest BCUT2D eigenvalue weighted by molar-refractivity contribution is 0.0936. The van der Waals surface area contributed by atoms with Gasteiger partial charge in [0, 0.05) is 11.3 Å². The average Bonchev–Trinajstić information content (AvgIpc) is 2.46. The molecular weight excluding hydrogens is 322 g/mol. The summed E-state index contributed by atoms with van der Waals surface area (Å²) in [5.74, 6) is -0.451. The van der Waals surface area contributed by atoms with E-state index in [9.17, 15) is 13.2 Å². The Kier molecular flexibility index (Phi) is 4.88. The maximum Gasteiger partial charge on any atom is 0.253 e. The highest BCUT2D eigenvalue weighted by Gasteiger charge is 2.20. The Labute approximate surface area is 135 Å². The molecule has 0 spiro atoms. The van der Waals surface area contributed by atoms with Crippen molar-refractivity contribution >= 4 is 27.3 Å². The van der Waals surface area contributed by atoms with Crippen molar-refractivity contribution in [3.63, 3.8) is 0 Å². The molecule has 0 heterocycles. The molecule has 2 rings (SSSR count). The second-order valence-electron chi connectivity index (χ2n) is 4.98. The van der Waals surface area contributed by atoms with Crippen molar-refractivity contribution in [3.8, 4) is 0 Å². The molecule has 22 heavy (non-hydrogen) atoms. The molecule has 0 aliphatic carbocycles. The zero-order chi connectivity index (χ0) is 16.3. The number of rotatable bonds is 4. The molecule has 0 unspecified atom stereocenters. The van der Waals surface area contributed by atoms with E-state index in [1.807, 2.05) is 12.1 Å². The van der Waals surface area contributed by atoms with Crippen LogP contribution in [0, 0.1) is 0 Å². The van der Waals surface area contributed by atoms with Crippen LogP contribution in [0.5, 0.6) is 0 Å². The number of halogens is 1. The van der Waals surface area contributed by atoms with Crippen LogP contribution in [0.25, 0.3) is 0 Å². The molecule has 0 aliphatic rings. The summed E-state index contributed by atoms with van der Waals surface area (Å²) in [6.45, 7) is 1.79. The van der Waals surface area contributed by atoms with Crippen LogP contribution >= 0.6 is 11.6 Å². The number of benzene rings is 2. The van der Waals surface area contributed by atoms with Gasteiger partial charge in [0.15, 0.2) is 9.84 Å². The van der Waals surface area contributed by atoms with Crippen molar-refractivity contribution in [1.82, 2.24) is 5.32 Å². The van der Waals surface area contributed by atoms with Crippen molar-refractivity contribution in [1.29, 1.82) is 0 Å². The van der Waals surface area contributed by atoms with Crippen molar-refractivity contribution in [2.45, 2.75) is 17.9 Å². The van der Waals surface area contributed by atoms with Gasteiger partial charge in [0.1, 0.15) is 0 Å². The number of sulfone groups is 1. The second kappa shape index (κ2) is 6.50. The van der Waals surface area contributed by atoms with Gasteiger partial charge in [-0.15, -0.1) is 0 Å². The van der Waals surface area contributed by atoms with Gasteiger partial charge in [-0.1, -0.05) is 41.9 Å². The quantitative estimate of drug-likeness (QED) is 0.931. The fourth-order valence-electron chi connectivity index (χ4n) is 2.16. The van der Waals surface area contributed by atoms with Gasteiger partial charge in [0.2, 0.25) is 0 Å². The molecule has 0 saturated heterocycles. The molecule has 4 nitrogen and oxygen atoms in total. The molecule has 116 valence electrons. The van der Waals surface area contributed by atoms with Gasteiger partial charge in [-0.25, -0.2) is 8.42 Å². The van der Waals surface area contributed by atoms with E-state index in [-0.39, 0.29) is 16.5 Å². The highest BCUT2D eigenvalue weighted by atomic mass is 35.5. The zero-order valence-electron chi connectivity index (χ0n) is 12.2. The third-order valence-electron chi connectivity index (χ3n) is 3.25. The third-order valence-corrected chi connectivity index (χ3v) is 4.75. The molecule has 0 saturated carbocycles. The summed E-state index contributed by atoms with van der Waals surface area (Å²) in [6, 6.07) is 13.0. The number of amides is 1. The van der Waals surface area contributed by atoms with Gasteiger partial charge in [0.05, 0.1) is 16.5 Å². The molecule has 0 bridgehead atoms. The first kappa shape index (κ1) is 16.5. The maximum atomic E-state index is 12.4.